The van der Waals surface area contributed by atoms with E-state index in [1.807, 2.05) is 0 Å². The van der Waals surface area contributed by atoms with Crippen LogP contribution in [0, 0.1) is 0 Å². The molecule has 0 unspecified atom stereocenters. The Morgan fingerprint density at radius 1 is 1.29 bits per heavy atom. The largest absolute Gasteiger partial charge is 0.507 e. The van der Waals surface area contributed by atoms with E-state index in [4.69, 9.17) is 34.0 Å². The van der Waals surface area contributed by atoms with Gasteiger partial charge in [0.15, 0.2) is 10.7 Å². The lowest BCUT2D eigenvalue weighted by atomic mass is 10.2. The number of benzene rings is 2. The fourth-order valence-electron chi connectivity index (χ4n) is 1.95. The maximum absolute atomic E-state index is 10.1. The van der Waals surface area contributed by atoms with E-state index >= 15 is 0 Å². The molecule has 1 heterocycles. The Morgan fingerprint density at radius 3 is 2.81 bits per heavy atom. The molecule has 7 heteroatoms. The molecule has 0 aliphatic heterocycles. The second kappa shape index (κ2) is 5.23. The Bertz CT molecular complexity index is 847. The highest BCUT2D eigenvalue weighted by atomic mass is 35.5. The van der Waals surface area contributed by atoms with E-state index in [1.54, 1.807) is 30.3 Å². The maximum atomic E-state index is 10.1. The minimum absolute atomic E-state index is 0.00824. The molecule has 0 saturated carbocycles. The summed E-state index contributed by atoms with van der Waals surface area (Å²) in [6.45, 7) is 0. The van der Waals surface area contributed by atoms with E-state index in [0.29, 0.717) is 33.3 Å². The Balaban J connectivity index is 2.03. The molecule has 0 amide bonds. The van der Waals surface area contributed by atoms with Crippen molar-refractivity contribution in [3.8, 4) is 17.2 Å². The average Bonchev–Trinajstić information content (AvgIpc) is 2.80. The molecule has 3 rings (SSSR count). The van der Waals surface area contributed by atoms with Crippen LogP contribution in [-0.4, -0.2) is 15.2 Å². The van der Waals surface area contributed by atoms with Crippen LogP contribution in [0.3, 0.4) is 0 Å². The van der Waals surface area contributed by atoms with Gasteiger partial charge in [-0.1, -0.05) is 11.6 Å². The van der Waals surface area contributed by atoms with Crippen LogP contribution in [0.4, 0.5) is 5.69 Å². The molecule has 4 N–H and O–H groups in total. The number of aromatic nitrogens is 1. The highest BCUT2D eigenvalue weighted by molar-refractivity contribution is 7.80. The lowest BCUT2D eigenvalue weighted by Gasteiger charge is -2.06. The molecule has 106 valence electrons. The minimum atomic E-state index is 0.00824. The van der Waals surface area contributed by atoms with Crippen LogP contribution in [0.2, 0.25) is 5.02 Å². The third kappa shape index (κ3) is 2.76. The Morgan fingerprint density at radius 2 is 2.10 bits per heavy atom. The molecule has 2 aromatic carbocycles. The molecule has 0 aliphatic carbocycles. The van der Waals surface area contributed by atoms with Gasteiger partial charge in [0, 0.05) is 16.8 Å². The fourth-order valence-corrected chi connectivity index (χ4v) is 2.23. The van der Waals surface area contributed by atoms with Crippen molar-refractivity contribution in [3.63, 3.8) is 0 Å². The first-order valence-corrected chi connectivity index (χ1v) is 6.77. The number of halogens is 1. The number of aromatic hydroxyl groups is 1. The fraction of sp³-hybridized carbons (Fsp3) is 0. The van der Waals surface area contributed by atoms with Crippen molar-refractivity contribution in [1.29, 1.82) is 0 Å². The van der Waals surface area contributed by atoms with Crippen LogP contribution in [0.25, 0.3) is 22.6 Å². The van der Waals surface area contributed by atoms with Gasteiger partial charge in [-0.15, -0.1) is 0 Å². The smallest absolute Gasteiger partial charge is 0.231 e. The van der Waals surface area contributed by atoms with Gasteiger partial charge in [0.1, 0.15) is 11.3 Å². The van der Waals surface area contributed by atoms with Crippen molar-refractivity contribution < 1.29 is 9.52 Å². The molecule has 0 aliphatic rings. The zero-order valence-electron chi connectivity index (χ0n) is 10.6. The van der Waals surface area contributed by atoms with Crippen molar-refractivity contribution >= 4 is 45.7 Å². The third-order valence-corrected chi connectivity index (χ3v) is 3.18. The molecule has 0 spiro atoms. The second-order valence-electron chi connectivity index (χ2n) is 4.35. The molecule has 0 atom stereocenters. The summed E-state index contributed by atoms with van der Waals surface area (Å²) in [5, 5.41) is 13.5. The van der Waals surface area contributed by atoms with Crippen LogP contribution in [0.1, 0.15) is 0 Å². The normalized spacial score (nSPS) is 10.7. The van der Waals surface area contributed by atoms with Crippen LogP contribution in [-0.2, 0) is 0 Å². The van der Waals surface area contributed by atoms with E-state index in [1.165, 1.54) is 6.07 Å². The Hall–Kier alpha value is -2.31. The van der Waals surface area contributed by atoms with Gasteiger partial charge < -0.3 is 20.6 Å². The summed E-state index contributed by atoms with van der Waals surface area (Å²) >= 11 is 10.7. The number of nitrogens with one attached hydrogen (secondary N) is 1. The van der Waals surface area contributed by atoms with E-state index in [-0.39, 0.29) is 10.9 Å². The van der Waals surface area contributed by atoms with Gasteiger partial charge in [-0.2, -0.15) is 0 Å². The number of phenolic OH excluding ortho intramolecular Hbond substituents is 1. The monoisotopic (exact) mass is 319 g/mol. The van der Waals surface area contributed by atoms with Gasteiger partial charge in [0.05, 0.1) is 5.56 Å². The van der Waals surface area contributed by atoms with Crippen molar-refractivity contribution in [2.24, 2.45) is 5.73 Å². The second-order valence-corrected chi connectivity index (χ2v) is 5.23. The minimum Gasteiger partial charge on any atom is -0.507 e. The summed E-state index contributed by atoms with van der Waals surface area (Å²) in [5.41, 5.74) is 7.66. The summed E-state index contributed by atoms with van der Waals surface area (Å²) in [7, 11) is 0. The highest BCUT2D eigenvalue weighted by Crippen LogP contribution is 2.33. The van der Waals surface area contributed by atoms with E-state index in [0.717, 1.165) is 0 Å². The summed E-state index contributed by atoms with van der Waals surface area (Å²) in [4.78, 5) is 4.31. The predicted molar refractivity (Wildman–Crippen MR) is 86.5 cm³/mol. The molecule has 1 aromatic heterocycles. The van der Waals surface area contributed by atoms with Crippen LogP contribution < -0.4 is 11.1 Å². The number of rotatable bonds is 2. The zero-order chi connectivity index (χ0) is 15.0. The first-order chi connectivity index (χ1) is 10.0. The number of hydrogen-bond acceptors (Lipinski definition) is 4. The molecule has 0 saturated heterocycles. The van der Waals surface area contributed by atoms with E-state index in [2.05, 4.69) is 10.3 Å². The number of anilines is 1. The highest BCUT2D eigenvalue weighted by Gasteiger charge is 2.13. The molecular formula is C14H10ClN3O2S. The van der Waals surface area contributed by atoms with Crippen molar-refractivity contribution in [3.05, 3.63) is 41.4 Å². The van der Waals surface area contributed by atoms with Gasteiger partial charge in [0.25, 0.3) is 0 Å². The quantitative estimate of drug-likeness (QED) is 0.627. The van der Waals surface area contributed by atoms with Crippen molar-refractivity contribution in [2.45, 2.75) is 0 Å². The third-order valence-electron chi connectivity index (χ3n) is 2.85. The van der Waals surface area contributed by atoms with Crippen LogP contribution in [0.5, 0.6) is 5.75 Å². The number of nitrogens with two attached hydrogens (primary N) is 1. The first-order valence-electron chi connectivity index (χ1n) is 5.99. The number of thiocarbonyl (C=S) groups is 1. The van der Waals surface area contributed by atoms with Crippen molar-refractivity contribution in [1.82, 2.24) is 4.98 Å². The summed E-state index contributed by atoms with van der Waals surface area (Å²) < 4.78 is 5.61. The van der Waals surface area contributed by atoms with Crippen molar-refractivity contribution in [2.75, 3.05) is 5.32 Å². The molecular weight excluding hydrogens is 310 g/mol. The molecule has 0 fully saturated rings. The predicted octanol–water partition coefficient (Wildman–Crippen LogP) is 3.51. The first kappa shape index (κ1) is 13.7. The van der Waals surface area contributed by atoms with Crippen LogP contribution >= 0.6 is 23.8 Å². The van der Waals surface area contributed by atoms with Gasteiger partial charge in [0.2, 0.25) is 5.89 Å². The van der Waals surface area contributed by atoms with Gasteiger partial charge in [-0.05, 0) is 42.5 Å². The van der Waals surface area contributed by atoms with Gasteiger partial charge >= 0.3 is 0 Å². The summed E-state index contributed by atoms with van der Waals surface area (Å²) in [6, 6.07) is 10.0. The number of nitrogens with zero attached hydrogens (tertiary/aromatic N) is 1. The van der Waals surface area contributed by atoms with Gasteiger partial charge in [-0.3, -0.25) is 0 Å². The molecule has 5 nitrogen and oxygen atoms in total. The number of hydrogen-bond donors (Lipinski definition) is 3. The summed E-state index contributed by atoms with van der Waals surface area (Å²) in [6.07, 6.45) is 0. The lowest BCUT2D eigenvalue weighted by Crippen LogP contribution is -2.18. The Kier molecular flexibility index (Phi) is 3.40. The zero-order valence-corrected chi connectivity index (χ0v) is 12.2. The topological polar surface area (TPSA) is 84.3 Å². The Labute approximate surface area is 130 Å². The number of oxazole rings is 1. The lowest BCUT2D eigenvalue weighted by molar-refractivity contribution is 0.474. The standard InChI is InChI=1S/C14H10ClN3O2S/c15-7-1-4-12-10(5-7)18-13(20-12)9-3-2-8(6-11(9)19)17-14(16)21/h1-6,19H,(H3,16,17,21). The summed E-state index contributed by atoms with van der Waals surface area (Å²) in [5.74, 6) is 0.320. The van der Waals surface area contributed by atoms with Gasteiger partial charge in [-0.25, -0.2) is 4.98 Å². The molecule has 0 radical (unpaired) electrons. The van der Waals surface area contributed by atoms with E-state index in [9.17, 15) is 5.11 Å². The average molecular weight is 320 g/mol. The van der Waals surface area contributed by atoms with E-state index < -0.39 is 0 Å². The molecule has 3 aromatic rings. The SMILES string of the molecule is NC(=S)Nc1ccc(-c2nc3cc(Cl)ccc3o2)c(O)c1. The maximum Gasteiger partial charge on any atom is 0.231 e. The number of phenols is 1. The molecule has 0 bridgehead atoms. The molecule has 21 heavy (non-hydrogen) atoms. The van der Waals surface area contributed by atoms with Crippen LogP contribution in [0.15, 0.2) is 40.8 Å². The number of fused-ring (bicyclic) bond motifs is 1.